The smallest absolute Gasteiger partial charge is 0.267 e. The van der Waals surface area contributed by atoms with Gasteiger partial charge in [0, 0.05) is 5.56 Å². The molecule has 0 aromatic heterocycles. The zero-order valence-corrected chi connectivity index (χ0v) is 8.38. The van der Waals surface area contributed by atoms with Gasteiger partial charge in [0.15, 0.2) is 0 Å². The summed E-state index contributed by atoms with van der Waals surface area (Å²) in [5.41, 5.74) is 0.985. The zero-order chi connectivity index (χ0) is 12.2. The Hall–Kier alpha value is -1.85. The normalized spacial score (nSPS) is 12.4. The average Bonchev–Trinajstić information content (AvgIpc) is 2.25. The minimum Gasteiger partial charge on any atom is -0.267 e. The van der Waals surface area contributed by atoms with Gasteiger partial charge in [-0.3, -0.25) is 4.79 Å². The number of alkyl halides is 3. The number of rotatable bonds is 2. The summed E-state index contributed by atoms with van der Waals surface area (Å²) in [6.45, 7) is 0.783. The van der Waals surface area contributed by atoms with Crippen molar-refractivity contribution in [3.8, 4) is 0 Å². The number of nitrogens with zero attached hydrogens (tertiary/aromatic N) is 1. The summed E-state index contributed by atoms with van der Waals surface area (Å²) < 4.78 is 36.1. The maximum atomic E-state index is 12.0. The second-order valence-corrected chi connectivity index (χ2v) is 3.00. The predicted octanol–water partition coefficient (Wildman–Crippen LogP) is 2.35. The quantitative estimate of drug-likeness (QED) is 0.615. The molecule has 0 atom stereocenters. The molecule has 0 aliphatic rings. The highest BCUT2D eigenvalue weighted by atomic mass is 19.4. The van der Waals surface area contributed by atoms with E-state index in [1.807, 2.05) is 5.43 Å². The first-order chi connectivity index (χ1) is 7.41. The van der Waals surface area contributed by atoms with Crippen LogP contribution in [0.3, 0.4) is 0 Å². The Labute approximate surface area is 90.0 Å². The summed E-state index contributed by atoms with van der Waals surface area (Å²) in [6, 6.07) is 7.87. The van der Waals surface area contributed by atoms with Gasteiger partial charge >= 0.3 is 6.18 Å². The van der Waals surface area contributed by atoms with Crippen molar-refractivity contribution in [1.82, 2.24) is 5.43 Å². The SMILES string of the molecule is C/C(=N\NC(=O)c1ccccc1)C(F)(F)F. The Morgan fingerprint density at radius 1 is 1.25 bits per heavy atom. The number of hydrazone groups is 1. The Kier molecular flexibility index (Phi) is 3.65. The maximum absolute atomic E-state index is 12.0. The number of hydrogen-bond donors (Lipinski definition) is 1. The Morgan fingerprint density at radius 3 is 2.31 bits per heavy atom. The van der Waals surface area contributed by atoms with Crippen LogP contribution in [0.5, 0.6) is 0 Å². The Morgan fingerprint density at radius 2 is 1.81 bits per heavy atom. The molecule has 1 aromatic carbocycles. The third-order valence-electron chi connectivity index (χ3n) is 1.77. The van der Waals surface area contributed by atoms with Gasteiger partial charge in [-0.25, -0.2) is 5.43 Å². The van der Waals surface area contributed by atoms with E-state index in [1.54, 1.807) is 18.2 Å². The molecule has 3 nitrogen and oxygen atoms in total. The van der Waals surface area contributed by atoms with Crippen molar-refractivity contribution in [3.05, 3.63) is 35.9 Å². The highest BCUT2D eigenvalue weighted by molar-refractivity contribution is 5.95. The van der Waals surface area contributed by atoms with Gasteiger partial charge in [-0.15, -0.1) is 0 Å². The number of halogens is 3. The number of benzene rings is 1. The Balaban J connectivity index is 2.67. The molecule has 0 aliphatic heterocycles. The summed E-state index contributed by atoms with van der Waals surface area (Å²) in [5.74, 6) is -0.677. The molecule has 1 aromatic rings. The van der Waals surface area contributed by atoms with E-state index in [-0.39, 0.29) is 5.56 Å². The highest BCUT2D eigenvalue weighted by Gasteiger charge is 2.32. The van der Waals surface area contributed by atoms with Crippen LogP contribution in [0.4, 0.5) is 13.2 Å². The molecule has 86 valence electrons. The molecular formula is C10H9F3N2O. The topological polar surface area (TPSA) is 41.5 Å². The summed E-state index contributed by atoms with van der Waals surface area (Å²) in [5, 5.41) is 2.96. The largest absolute Gasteiger partial charge is 0.430 e. The van der Waals surface area contributed by atoms with Gasteiger partial charge in [0.25, 0.3) is 5.91 Å². The number of carbonyl (C=O) groups excluding carboxylic acids is 1. The van der Waals surface area contributed by atoms with Crippen LogP contribution in [0.15, 0.2) is 35.4 Å². The van der Waals surface area contributed by atoms with E-state index in [4.69, 9.17) is 0 Å². The van der Waals surface area contributed by atoms with Gasteiger partial charge in [-0.1, -0.05) is 18.2 Å². The fourth-order valence-corrected chi connectivity index (χ4v) is 0.852. The lowest BCUT2D eigenvalue weighted by Crippen LogP contribution is -2.25. The second kappa shape index (κ2) is 4.78. The van der Waals surface area contributed by atoms with E-state index in [0.717, 1.165) is 6.92 Å². The molecule has 1 rings (SSSR count). The van der Waals surface area contributed by atoms with Gasteiger partial charge in [0.05, 0.1) is 0 Å². The number of carbonyl (C=O) groups is 1. The molecule has 0 aliphatic carbocycles. The first kappa shape index (κ1) is 12.2. The summed E-state index contributed by atoms with van der Waals surface area (Å²) in [4.78, 5) is 11.3. The molecule has 1 amide bonds. The molecular weight excluding hydrogens is 221 g/mol. The van der Waals surface area contributed by atoms with E-state index < -0.39 is 17.8 Å². The third kappa shape index (κ3) is 3.38. The van der Waals surface area contributed by atoms with Crippen LogP contribution in [-0.2, 0) is 0 Å². The Bertz CT molecular complexity index is 398. The first-order valence-electron chi connectivity index (χ1n) is 4.38. The standard InChI is InChI=1S/C10H9F3N2O/c1-7(10(11,12)13)14-15-9(16)8-5-3-2-4-6-8/h2-6H,1H3,(H,15,16)/b14-7+. The molecule has 0 fully saturated rings. The van der Waals surface area contributed by atoms with Crippen molar-refractivity contribution < 1.29 is 18.0 Å². The van der Waals surface area contributed by atoms with Crippen molar-refractivity contribution in [1.29, 1.82) is 0 Å². The highest BCUT2D eigenvalue weighted by Crippen LogP contribution is 2.16. The second-order valence-electron chi connectivity index (χ2n) is 3.00. The molecule has 1 N–H and O–H groups in total. The van der Waals surface area contributed by atoms with Crippen LogP contribution >= 0.6 is 0 Å². The van der Waals surface area contributed by atoms with Gasteiger partial charge < -0.3 is 0 Å². The summed E-state index contributed by atoms with van der Waals surface area (Å²) in [6.07, 6.45) is -4.52. The van der Waals surface area contributed by atoms with E-state index in [9.17, 15) is 18.0 Å². The van der Waals surface area contributed by atoms with Gasteiger partial charge in [0.1, 0.15) is 5.71 Å². The van der Waals surface area contributed by atoms with Crippen LogP contribution in [0.2, 0.25) is 0 Å². The third-order valence-corrected chi connectivity index (χ3v) is 1.77. The van der Waals surface area contributed by atoms with E-state index >= 15 is 0 Å². The van der Waals surface area contributed by atoms with Crippen molar-refractivity contribution in [2.45, 2.75) is 13.1 Å². The fourth-order valence-electron chi connectivity index (χ4n) is 0.852. The minimum atomic E-state index is -4.52. The molecule has 16 heavy (non-hydrogen) atoms. The van der Waals surface area contributed by atoms with E-state index in [0.29, 0.717) is 0 Å². The van der Waals surface area contributed by atoms with Crippen LogP contribution in [-0.4, -0.2) is 17.8 Å². The predicted molar refractivity (Wildman–Crippen MR) is 53.1 cm³/mol. The molecule has 0 radical (unpaired) electrons. The van der Waals surface area contributed by atoms with Crippen LogP contribution in [0, 0.1) is 0 Å². The van der Waals surface area contributed by atoms with Crippen molar-refractivity contribution in [2.75, 3.05) is 0 Å². The van der Waals surface area contributed by atoms with Crippen molar-refractivity contribution in [3.63, 3.8) is 0 Å². The maximum Gasteiger partial charge on any atom is 0.430 e. The van der Waals surface area contributed by atoms with Crippen molar-refractivity contribution in [2.24, 2.45) is 5.10 Å². The molecule has 6 heteroatoms. The first-order valence-corrected chi connectivity index (χ1v) is 4.38. The molecule has 0 spiro atoms. The van der Waals surface area contributed by atoms with Crippen LogP contribution in [0.25, 0.3) is 0 Å². The van der Waals surface area contributed by atoms with Gasteiger partial charge in [-0.05, 0) is 19.1 Å². The number of nitrogens with one attached hydrogen (secondary N) is 1. The van der Waals surface area contributed by atoms with Crippen molar-refractivity contribution >= 4 is 11.6 Å². The van der Waals surface area contributed by atoms with Gasteiger partial charge in [0.2, 0.25) is 0 Å². The fraction of sp³-hybridized carbons (Fsp3) is 0.200. The van der Waals surface area contributed by atoms with E-state index in [1.165, 1.54) is 12.1 Å². The lowest BCUT2D eigenvalue weighted by molar-refractivity contribution is -0.0595. The minimum absolute atomic E-state index is 0.251. The van der Waals surface area contributed by atoms with Crippen LogP contribution < -0.4 is 5.43 Å². The average molecular weight is 230 g/mol. The molecule has 0 saturated carbocycles. The lowest BCUT2D eigenvalue weighted by atomic mass is 10.2. The monoisotopic (exact) mass is 230 g/mol. The van der Waals surface area contributed by atoms with Gasteiger partial charge in [-0.2, -0.15) is 18.3 Å². The molecule has 0 bridgehead atoms. The van der Waals surface area contributed by atoms with Crippen LogP contribution in [0.1, 0.15) is 17.3 Å². The number of amides is 1. The number of hydrogen-bond acceptors (Lipinski definition) is 2. The summed E-state index contributed by atoms with van der Waals surface area (Å²) >= 11 is 0. The summed E-state index contributed by atoms with van der Waals surface area (Å²) in [7, 11) is 0. The molecule has 0 saturated heterocycles. The zero-order valence-electron chi connectivity index (χ0n) is 8.38. The molecule has 0 heterocycles. The molecule has 0 unspecified atom stereocenters. The lowest BCUT2D eigenvalue weighted by Gasteiger charge is -2.05. The van der Waals surface area contributed by atoms with E-state index in [2.05, 4.69) is 5.10 Å².